The summed E-state index contributed by atoms with van der Waals surface area (Å²) in [5.74, 6) is 2.47. The number of ketones is 1. The largest absolute Gasteiger partial charge is 0.414 e. The van der Waals surface area contributed by atoms with Gasteiger partial charge < -0.3 is 4.43 Å². The van der Waals surface area contributed by atoms with Crippen molar-refractivity contribution in [2.75, 3.05) is 0 Å². The van der Waals surface area contributed by atoms with Gasteiger partial charge in [0.2, 0.25) is 0 Å². The van der Waals surface area contributed by atoms with Gasteiger partial charge in [-0.25, -0.2) is 0 Å². The second-order valence-corrected chi connectivity index (χ2v) is 13.6. The highest BCUT2D eigenvalue weighted by molar-refractivity contribution is 6.74. The maximum absolute atomic E-state index is 12.3. The van der Waals surface area contributed by atoms with Crippen LogP contribution >= 0.6 is 0 Å². The van der Waals surface area contributed by atoms with Crippen molar-refractivity contribution in [3.63, 3.8) is 0 Å². The Bertz CT molecular complexity index is 489. The third-order valence-corrected chi connectivity index (χ3v) is 9.83. The Kier molecular flexibility index (Phi) is 5.53. The van der Waals surface area contributed by atoms with Crippen LogP contribution in [-0.4, -0.2) is 20.2 Å². The summed E-state index contributed by atoms with van der Waals surface area (Å²) in [4.78, 5) is 12.3. The normalized spacial score (nSPS) is 25.6. The van der Waals surface area contributed by atoms with Gasteiger partial charge in [0.15, 0.2) is 14.1 Å². The van der Waals surface area contributed by atoms with E-state index in [2.05, 4.69) is 60.2 Å². The fraction of sp³-hybridized carbons (Fsp3) is 0.737. The van der Waals surface area contributed by atoms with Crippen LogP contribution in [0.15, 0.2) is 12.2 Å². The molecule has 1 saturated carbocycles. The number of hydrogen-bond acceptors (Lipinski definition) is 2. The minimum Gasteiger partial charge on any atom is -0.414 e. The van der Waals surface area contributed by atoms with Gasteiger partial charge in [-0.05, 0) is 36.4 Å². The van der Waals surface area contributed by atoms with Crippen molar-refractivity contribution in [2.45, 2.75) is 78.1 Å². The number of carbonyl (C=O) groups excluding carboxylic acids is 1. The van der Waals surface area contributed by atoms with E-state index in [9.17, 15) is 4.79 Å². The molecular formula is C19H32O2Si. The van der Waals surface area contributed by atoms with Crippen LogP contribution in [0.4, 0.5) is 0 Å². The molecule has 0 bridgehead atoms. The zero-order chi connectivity index (χ0) is 17.3. The predicted molar refractivity (Wildman–Crippen MR) is 96.2 cm³/mol. The van der Waals surface area contributed by atoms with Gasteiger partial charge in [0, 0.05) is 12.0 Å². The number of Topliss-reactive ketones (excluding diaryl/α,β-unsaturated/α-hetero) is 1. The average molecular weight is 321 g/mol. The molecule has 0 spiro atoms. The van der Waals surface area contributed by atoms with Crippen LogP contribution in [0.25, 0.3) is 0 Å². The molecule has 0 N–H and O–H groups in total. The molecule has 0 aromatic carbocycles. The topological polar surface area (TPSA) is 26.3 Å². The summed E-state index contributed by atoms with van der Waals surface area (Å²) in [7, 11) is -1.81. The Hall–Kier alpha value is -0.853. The van der Waals surface area contributed by atoms with Gasteiger partial charge in [-0.15, -0.1) is 6.42 Å². The van der Waals surface area contributed by atoms with E-state index in [-0.39, 0.29) is 34.7 Å². The zero-order valence-corrected chi connectivity index (χ0v) is 16.4. The summed E-state index contributed by atoms with van der Waals surface area (Å²) in [6.07, 6.45) is 7.33. The highest BCUT2D eigenvalue weighted by Gasteiger charge is 2.46. The molecule has 0 unspecified atom stereocenters. The standard InChI is InChI=1S/C19H32O2Si/c1-10-11-16(20)17-14(2)12-15(13-19(17,6)7)21-22(8,9)18(3,4)5/h1,15,17H,2,11-13H2,3-9H3/t15-,17-/m1/s1. The lowest BCUT2D eigenvalue weighted by molar-refractivity contribution is -0.125. The summed E-state index contributed by atoms with van der Waals surface area (Å²) < 4.78 is 6.56. The van der Waals surface area contributed by atoms with E-state index < -0.39 is 8.32 Å². The second kappa shape index (κ2) is 6.33. The van der Waals surface area contributed by atoms with Crippen molar-refractivity contribution in [3.8, 4) is 12.3 Å². The molecule has 0 aromatic heterocycles. The molecule has 2 atom stereocenters. The van der Waals surface area contributed by atoms with Crippen molar-refractivity contribution in [3.05, 3.63) is 12.2 Å². The van der Waals surface area contributed by atoms with Crippen LogP contribution < -0.4 is 0 Å². The molecular weight excluding hydrogens is 288 g/mol. The molecule has 3 heteroatoms. The first-order valence-corrected chi connectivity index (χ1v) is 11.0. The molecule has 0 saturated heterocycles. The second-order valence-electron chi connectivity index (χ2n) is 8.84. The summed E-state index contributed by atoms with van der Waals surface area (Å²) in [6, 6.07) is 0. The van der Waals surface area contributed by atoms with Crippen LogP contribution in [-0.2, 0) is 9.22 Å². The highest BCUT2D eigenvalue weighted by atomic mass is 28.4. The molecule has 1 aliphatic rings. The molecule has 124 valence electrons. The quantitative estimate of drug-likeness (QED) is 0.416. The van der Waals surface area contributed by atoms with Crippen molar-refractivity contribution >= 4 is 14.1 Å². The van der Waals surface area contributed by atoms with Crippen LogP contribution in [0.3, 0.4) is 0 Å². The lowest BCUT2D eigenvalue weighted by Gasteiger charge is -2.47. The van der Waals surface area contributed by atoms with E-state index in [1.165, 1.54) is 0 Å². The Morgan fingerprint density at radius 3 is 2.41 bits per heavy atom. The van der Waals surface area contributed by atoms with E-state index in [1.54, 1.807) is 0 Å². The molecule has 1 rings (SSSR count). The molecule has 1 fully saturated rings. The third kappa shape index (κ3) is 4.11. The van der Waals surface area contributed by atoms with Crippen molar-refractivity contribution in [2.24, 2.45) is 11.3 Å². The van der Waals surface area contributed by atoms with Gasteiger partial charge in [-0.3, -0.25) is 4.79 Å². The lowest BCUT2D eigenvalue weighted by atomic mass is 9.64. The molecule has 0 amide bonds. The minimum atomic E-state index is -1.81. The van der Waals surface area contributed by atoms with Crippen molar-refractivity contribution in [1.82, 2.24) is 0 Å². The van der Waals surface area contributed by atoms with Gasteiger partial charge in [0.25, 0.3) is 0 Å². The maximum Gasteiger partial charge on any atom is 0.192 e. The molecule has 0 aliphatic heterocycles. The Labute approximate surface area is 137 Å². The van der Waals surface area contributed by atoms with E-state index in [4.69, 9.17) is 10.8 Å². The minimum absolute atomic E-state index is 0.128. The molecule has 2 nitrogen and oxygen atoms in total. The predicted octanol–water partition coefficient (Wildman–Crippen LogP) is 4.96. The SMILES string of the molecule is C#CCC(=O)[C@H]1C(=C)C[C@@H](O[Si](C)(C)C(C)(C)C)CC1(C)C. The third-order valence-electron chi connectivity index (χ3n) is 5.30. The van der Waals surface area contributed by atoms with Crippen LogP contribution in [0.2, 0.25) is 18.1 Å². The molecule has 0 aromatic rings. The van der Waals surface area contributed by atoms with Gasteiger partial charge in [0.1, 0.15) is 0 Å². The van der Waals surface area contributed by atoms with Crippen LogP contribution in [0.5, 0.6) is 0 Å². The van der Waals surface area contributed by atoms with Crippen LogP contribution in [0.1, 0.15) is 53.9 Å². The van der Waals surface area contributed by atoms with E-state index >= 15 is 0 Å². The summed E-state index contributed by atoms with van der Waals surface area (Å²) in [5, 5.41) is 0.189. The number of rotatable bonds is 4. The van der Waals surface area contributed by atoms with E-state index in [0.29, 0.717) is 0 Å². The smallest absolute Gasteiger partial charge is 0.192 e. The summed E-state index contributed by atoms with van der Waals surface area (Å²) >= 11 is 0. The molecule has 0 radical (unpaired) electrons. The Balaban J connectivity index is 2.91. The number of terminal acetylenes is 1. The first kappa shape index (κ1) is 19.2. The molecule has 22 heavy (non-hydrogen) atoms. The fourth-order valence-electron chi connectivity index (χ4n) is 3.28. The number of carbonyl (C=O) groups is 1. The molecule has 1 aliphatic carbocycles. The lowest BCUT2D eigenvalue weighted by Crippen LogP contribution is -2.48. The Morgan fingerprint density at radius 1 is 1.45 bits per heavy atom. The monoisotopic (exact) mass is 320 g/mol. The van der Waals surface area contributed by atoms with Gasteiger partial charge in [-0.2, -0.15) is 0 Å². The summed E-state index contributed by atoms with van der Waals surface area (Å²) in [5.41, 5.74) is 0.844. The fourth-order valence-corrected chi connectivity index (χ4v) is 4.64. The number of hydrogen-bond donors (Lipinski definition) is 0. The average Bonchev–Trinajstić information content (AvgIpc) is 2.23. The first-order chi connectivity index (χ1) is 9.82. The summed E-state index contributed by atoms with van der Waals surface area (Å²) in [6.45, 7) is 19.8. The highest BCUT2D eigenvalue weighted by Crippen LogP contribution is 2.47. The Morgan fingerprint density at radius 2 is 2.00 bits per heavy atom. The van der Waals surface area contributed by atoms with Gasteiger partial charge in [0.05, 0.1) is 6.42 Å². The van der Waals surface area contributed by atoms with Crippen molar-refractivity contribution in [1.29, 1.82) is 0 Å². The van der Waals surface area contributed by atoms with Crippen LogP contribution in [0, 0.1) is 23.7 Å². The maximum atomic E-state index is 12.3. The first-order valence-electron chi connectivity index (χ1n) is 8.13. The van der Waals surface area contributed by atoms with Gasteiger partial charge >= 0.3 is 0 Å². The van der Waals surface area contributed by atoms with E-state index in [1.807, 2.05) is 0 Å². The van der Waals surface area contributed by atoms with Crippen molar-refractivity contribution < 1.29 is 9.22 Å². The molecule has 0 heterocycles. The van der Waals surface area contributed by atoms with Gasteiger partial charge in [-0.1, -0.05) is 52.7 Å². The van der Waals surface area contributed by atoms with E-state index in [0.717, 1.165) is 18.4 Å². The zero-order valence-electron chi connectivity index (χ0n) is 15.4.